The fraction of sp³-hybridized carbons (Fsp3) is 0.429. The lowest BCUT2D eigenvalue weighted by atomic mass is 10.0. The van der Waals surface area contributed by atoms with Crippen LogP contribution in [0.2, 0.25) is 0 Å². The molecular weight excluding hydrogens is 244 g/mol. The Kier molecular flexibility index (Phi) is 4.04. The molecule has 1 heterocycles. The van der Waals surface area contributed by atoms with Gasteiger partial charge in [-0.05, 0) is 30.9 Å². The lowest BCUT2D eigenvalue weighted by Gasteiger charge is -2.22. The highest BCUT2D eigenvalue weighted by Gasteiger charge is 2.21. The predicted octanol–water partition coefficient (Wildman–Crippen LogP) is 1.27. The zero-order chi connectivity index (χ0) is 13.8. The van der Waals surface area contributed by atoms with Crippen molar-refractivity contribution < 1.29 is 14.7 Å². The minimum atomic E-state index is -1.02. The molecule has 0 fully saturated rings. The standard InChI is InChI=1S/C14H18N2O3/c1-10(13(17)18)15-14(19)16-8-6-11-4-2-3-5-12(11)7-9-16/h2-5,10H,6-9H2,1H3,(H,15,19)(H,17,18)/t10-/m1/s1. The minimum Gasteiger partial charge on any atom is -0.480 e. The van der Waals surface area contributed by atoms with E-state index in [1.165, 1.54) is 18.1 Å². The van der Waals surface area contributed by atoms with E-state index in [2.05, 4.69) is 17.4 Å². The van der Waals surface area contributed by atoms with E-state index in [1.54, 1.807) is 4.90 Å². The number of urea groups is 1. The van der Waals surface area contributed by atoms with E-state index in [0.29, 0.717) is 13.1 Å². The Hall–Kier alpha value is -2.04. The molecule has 102 valence electrons. The molecule has 0 aromatic heterocycles. The van der Waals surface area contributed by atoms with Crippen molar-refractivity contribution in [2.45, 2.75) is 25.8 Å². The highest BCUT2D eigenvalue weighted by atomic mass is 16.4. The molecule has 0 unspecified atom stereocenters. The summed E-state index contributed by atoms with van der Waals surface area (Å²) in [4.78, 5) is 24.4. The third-order valence-electron chi connectivity index (χ3n) is 3.42. The van der Waals surface area contributed by atoms with Gasteiger partial charge in [-0.1, -0.05) is 24.3 Å². The molecule has 0 bridgehead atoms. The fourth-order valence-corrected chi connectivity index (χ4v) is 2.21. The van der Waals surface area contributed by atoms with Crippen molar-refractivity contribution in [3.05, 3.63) is 35.4 Å². The molecule has 0 radical (unpaired) electrons. The van der Waals surface area contributed by atoms with Gasteiger partial charge in [0.25, 0.3) is 0 Å². The van der Waals surface area contributed by atoms with Crippen LogP contribution in [0.25, 0.3) is 0 Å². The third kappa shape index (κ3) is 3.24. The zero-order valence-corrected chi connectivity index (χ0v) is 10.9. The predicted molar refractivity (Wildman–Crippen MR) is 71.1 cm³/mol. The first kappa shape index (κ1) is 13.4. The van der Waals surface area contributed by atoms with Crippen LogP contribution in [0, 0.1) is 0 Å². The lowest BCUT2D eigenvalue weighted by molar-refractivity contribution is -0.138. The van der Waals surface area contributed by atoms with Crippen LogP contribution >= 0.6 is 0 Å². The number of fused-ring (bicyclic) bond motifs is 1. The molecule has 1 aliphatic heterocycles. The van der Waals surface area contributed by atoms with Crippen LogP contribution in [0.3, 0.4) is 0 Å². The average Bonchev–Trinajstić information content (AvgIpc) is 2.60. The molecule has 2 rings (SSSR count). The Bertz CT molecular complexity index is 460. The van der Waals surface area contributed by atoms with Gasteiger partial charge >= 0.3 is 12.0 Å². The molecule has 1 atom stereocenters. The Morgan fingerprint density at radius 1 is 1.21 bits per heavy atom. The van der Waals surface area contributed by atoms with E-state index >= 15 is 0 Å². The van der Waals surface area contributed by atoms with E-state index in [0.717, 1.165) is 12.8 Å². The van der Waals surface area contributed by atoms with Crippen molar-refractivity contribution in [3.8, 4) is 0 Å². The summed E-state index contributed by atoms with van der Waals surface area (Å²) in [5.41, 5.74) is 2.54. The monoisotopic (exact) mass is 262 g/mol. The number of amides is 2. The fourth-order valence-electron chi connectivity index (χ4n) is 2.21. The van der Waals surface area contributed by atoms with Gasteiger partial charge in [0.2, 0.25) is 0 Å². The maximum absolute atomic E-state index is 12.0. The summed E-state index contributed by atoms with van der Waals surface area (Å²) in [7, 11) is 0. The summed E-state index contributed by atoms with van der Waals surface area (Å²) in [6, 6.07) is 7.00. The first-order chi connectivity index (χ1) is 9.08. The number of nitrogens with zero attached hydrogens (tertiary/aromatic N) is 1. The molecule has 1 aromatic rings. The van der Waals surface area contributed by atoms with Gasteiger partial charge in [-0.3, -0.25) is 4.79 Å². The molecule has 1 aliphatic rings. The van der Waals surface area contributed by atoms with Crippen LogP contribution in [0.1, 0.15) is 18.1 Å². The quantitative estimate of drug-likeness (QED) is 0.843. The van der Waals surface area contributed by atoms with E-state index in [9.17, 15) is 9.59 Å². The average molecular weight is 262 g/mol. The summed E-state index contributed by atoms with van der Waals surface area (Å²) >= 11 is 0. The van der Waals surface area contributed by atoms with Crippen molar-refractivity contribution in [3.63, 3.8) is 0 Å². The van der Waals surface area contributed by atoms with E-state index in [1.807, 2.05) is 12.1 Å². The first-order valence-corrected chi connectivity index (χ1v) is 6.43. The van der Waals surface area contributed by atoms with E-state index in [4.69, 9.17) is 5.11 Å². The van der Waals surface area contributed by atoms with Crippen LogP contribution in [0.5, 0.6) is 0 Å². The van der Waals surface area contributed by atoms with Crippen molar-refractivity contribution in [2.75, 3.05) is 13.1 Å². The van der Waals surface area contributed by atoms with Gasteiger partial charge in [0.15, 0.2) is 0 Å². The topological polar surface area (TPSA) is 69.6 Å². The van der Waals surface area contributed by atoms with Gasteiger partial charge in [-0.25, -0.2) is 4.79 Å². The number of aliphatic carboxylic acids is 1. The van der Waals surface area contributed by atoms with Gasteiger partial charge < -0.3 is 15.3 Å². The molecule has 1 aromatic carbocycles. The van der Waals surface area contributed by atoms with Crippen LogP contribution < -0.4 is 5.32 Å². The zero-order valence-electron chi connectivity index (χ0n) is 10.9. The molecule has 0 aliphatic carbocycles. The second kappa shape index (κ2) is 5.73. The summed E-state index contributed by atoms with van der Waals surface area (Å²) in [6.07, 6.45) is 1.62. The van der Waals surface area contributed by atoms with Gasteiger partial charge in [0, 0.05) is 13.1 Å². The number of carboxylic acid groups (broad SMARTS) is 1. The number of hydrogen-bond donors (Lipinski definition) is 2. The molecule has 2 N–H and O–H groups in total. The van der Waals surface area contributed by atoms with Gasteiger partial charge in [0.05, 0.1) is 0 Å². The molecule has 0 saturated carbocycles. The van der Waals surface area contributed by atoms with E-state index < -0.39 is 12.0 Å². The molecule has 5 heteroatoms. The molecule has 0 spiro atoms. The summed E-state index contributed by atoms with van der Waals surface area (Å²) in [5.74, 6) is -1.02. The lowest BCUT2D eigenvalue weighted by Crippen LogP contribution is -2.47. The Balaban J connectivity index is 1.98. The molecule has 2 amide bonds. The number of carbonyl (C=O) groups is 2. The minimum absolute atomic E-state index is 0.303. The van der Waals surface area contributed by atoms with Crippen molar-refractivity contribution in [1.82, 2.24) is 10.2 Å². The van der Waals surface area contributed by atoms with Crippen molar-refractivity contribution in [1.29, 1.82) is 0 Å². The van der Waals surface area contributed by atoms with Crippen molar-refractivity contribution >= 4 is 12.0 Å². The number of carboxylic acids is 1. The second-order valence-corrected chi connectivity index (χ2v) is 4.77. The first-order valence-electron chi connectivity index (χ1n) is 6.43. The van der Waals surface area contributed by atoms with Crippen molar-refractivity contribution in [2.24, 2.45) is 0 Å². The van der Waals surface area contributed by atoms with Gasteiger partial charge in [-0.2, -0.15) is 0 Å². The van der Waals surface area contributed by atoms with Gasteiger partial charge in [0.1, 0.15) is 6.04 Å². The second-order valence-electron chi connectivity index (χ2n) is 4.77. The SMILES string of the molecule is C[C@@H](NC(=O)N1CCc2ccccc2CC1)C(=O)O. The number of rotatable bonds is 2. The van der Waals surface area contributed by atoms with Crippen LogP contribution in [-0.4, -0.2) is 41.1 Å². The maximum atomic E-state index is 12.0. The smallest absolute Gasteiger partial charge is 0.325 e. The number of carbonyl (C=O) groups excluding carboxylic acids is 1. The number of benzene rings is 1. The van der Waals surface area contributed by atoms with Gasteiger partial charge in [-0.15, -0.1) is 0 Å². The maximum Gasteiger partial charge on any atom is 0.325 e. The third-order valence-corrected chi connectivity index (χ3v) is 3.42. The molecule has 19 heavy (non-hydrogen) atoms. The van der Waals surface area contributed by atoms with Crippen LogP contribution in [-0.2, 0) is 17.6 Å². The molecule has 0 saturated heterocycles. The Morgan fingerprint density at radius 2 is 1.74 bits per heavy atom. The normalized spacial score (nSPS) is 16.2. The Morgan fingerprint density at radius 3 is 2.21 bits per heavy atom. The van der Waals surface area contributed by atoms with E-state index in [-0.39, 0.29) is 6.03 Å². The highest BCUT2D eigenvalue weighted by Crippen LogP contribution is 2.15. The number of nitrogens with one attached hydrogen (secondary N) is 1. The van der Waals surface area contributed by atoms with Crippen LogP contribution in [0.4, 0.5) is 4.79 Å². The number of hydrogen-bond acceptors (Lipinski definition) is 2. The van der Waals surface area contributed by atoms with Crippen LogP contribution in [0.15, 0.2) is 24.3 Å². The molecular formula is C14H18N2O3. The summed E-state index contributed by atoms with van der Waals surface area (Å²) in [6.45, 7) is 2.71. The highest BCUT2D eigenvalue weighted by molar-refractivity contribution is 5.82. The largest absolute Gasteiger partial charge is 0.480 e. The summed E-state index contributed by atoms with van der Waals surface area (Å²) in [5, 5.41) is 11.3. The molecule has 5 nitrogen and oxygen atoms in total. The Labute approximate surface area is 112 Å². The summed E-state index contributed by atoms with van der Waals surface area (Å²) < 4.78 is 0.